The maximum atomic E-state index is 12.1. The SMILES string of the molecule is COc1ccc(NS(=O)(=O)c2cc(Br)c(Br)s2)cn1. The van der Waals surface area contributed by atoms with Gasteiger partial charge >= 0.3 is 0 Å². The van der Waals surface area contributed by atoms with Gasteiger partial charge in [0, 0.05) is 10.5 Å². The fourth-order valence-electron chi connectivity index (χ4n) is 1.23. The molecular formula is C10H8Br2N2O3S2. The molecule has 0 atom stereocenters. The van der Waals surface area contributed by atoms with E-state index in [1.807, 2.05) is 0 Å². The molecule has 2 aromatic rings. The maximum absolute atomic E-state index is 12.1. The molecule has 0 aromatic carbocycles. The molecule has 0 radical (unpaired) electrons. The molecule has 0 aliphatic carbocycles. The van der Waals surface area contributed by atoms with Gasteiger partial charge < -0.3 is 4.74 Å². The summed E-state index contributed by atoms with van der Waals surface area (Å²) in [6.07, 6.45) is 1.40. The average Bonchev–Trinajstić information content (AvgIpc) is 2.71. The van der Waals surface area contributed by atoms with Crippen LogP contribution in [-0.2, 0) is 10.0 Å². The lowest BCUT2D eigenvalue weighted by molar-refractivity contribution is 0.398. The minimum Gasteiger partial charge on any atom is -0.481 e. The van der Waals surface area contributed by atoms with Crippen LogP contribution in [0.5, 0.6) is 5.88 Å². The van der Waals surface area contributed by atoms with Gasteiger partial charge in [-0.15, -0.1) is 11.3 Å². The molecule has 1 N–H and O–H groups in total. The Bertz CT molecular complexity index is 664. The van der Waals surface area contributed by atoms with E-state index >= 15 is 0 Å². The van der Waals surface area contributed by atoms with Crippen molar-refractivity contribution in [3.05, 3.63) is 32.7 Å². The van der Waals surface area contributed by atoms with Crippen molar-refractivity contribution >= 4 is 58.9 Å². The first-order chi connectivity index (χ1) is 8.92. The van der Waals surface area contributed by atoms with Crippen LogP contribution >= 0.6 is 43.2 Å². The number of thiophene rings is 1. The normalized spacial score (nSPS) is 11.3. The third kappa shape index (κ3) is 3.47. The van der Waals surface area contributed by atoms with E-state index in [2.05, 4.69) is 41.6 Å². The summed E-state index contributed by atoms with van der Waals surface area (Å²) in [5.74, 6) is 0.421. The number of aromatic nitrogens is 1. The molecule has 2 heterocycles. The van der Waals surface area contributed by atoms with Crippen molar-refractivity contribution in [2.45, 2.75) is 4.21 Å². The maximum Gasteiger partial charge on any atom is 0.271 e. The zero-order chi connectivity index (χ0) is 14.0. The lowest BCUT2D eigenvalue weighted by Crippen LogP contribution is -2.11. The van der Waals surface area contributed by atoms with Crippen molar-refractivity contribution in [3.8, 4) is 5.88 Å². The average molecular weight is 428 g/mol. The fourth-order valence-corrected chi connectivity index (χ4v) is 5.09. The third-order valence-electron chi connectivity index (χ3n) is 2.09. The quantitative estimate of drug-likeness (QED) is 0.810. The molecule has 9 heteroatoms. The van der Waals surface area contributed by atoms with Crippen molar-refractivity contribution in [2.75, 3.05) is 11.8 Å². The third-order valence-corrected chi connectivity index (χ3v) is 7.20. The minimum atomic E-state index is -3.61. The Morgan fingerprint density at radius 2 is 2.11 bits per heavy atom. The highest BCUT2D eigenvalue weighted by Gasteiger charge is 2.19. The van der Waals surface area contributed by atoms with E-state index in [-0.39, 0.29) is 4.21 Å². The van der Waals surface area contributed by atoms with E-state index in [4.69, 9.17) is 4.74 Å². The minimum absolute atomic E-state index is 0.210. The predicted octanol–water partition coefficient (Wildman–Crippen LogP) is 3.48. The number of nitrogens with zero attached hydrogens (tertiary/aromatic N) is 1. The molecule has 0 fully saturated rings. The molecule has 102 valence electrons. The number of ether oxygens (including phenoxy) is 1. The number of anilines is 1. The first-order valence-corrected chi connectivity index (χ1v) is 8.78. The van der Waals surface area contributed by atoms with Crippen LogP contribution in [0.4, 0.5) is 5.69 Å². The summed E-state index contributed by atoms with van der Waals surface area (Å²) in [7, 11) is -2.11. The fraction of sp³-hybridized carbons (Fsp3) is 0.100. The Hall–Kier alpha value is -0.640. The van der Waals surface area contributed by atoms with Gasteiger partial charge in [0.15, 0.2) is 0 Å². The zero-order valence-electron chi connectivity index (χ0n) is 9.55. The molecular weight excluding hydrogens is 420 g/mol. The van der Waals surface area contributed by atoms with Gasteiger partial charge in [-0.25, -0.2) is 13.4 Å². The van der Waals surface area contributed by atoms with E-state index in [0.29, 0.717) is 16.0 Å². The summed E-state index contributed by atoms with van der Waals surface area (Å²) in [5, 5.41) is 0. The van der Waals surface area contributed by atoms with Crippen LogP contribution in [0.15, 0.2) is 36.9 Å². The van der Waals surface area contributed by atoms with Gasteiger partial charge in [0.1, 0.15) is 4.21 Å². The van der Waals surface area contributed by atoms with Gasteiger partial charge in [-0.2, -0.15) is 0 Å². The summed E-state index contributed by atoms with van der Waals surface area (Å²) in [6.45, 7) is 0. The molecule has 0 aliphatic rings. The summed E-state index contributed by atoms with van der Waals surface area (Å²) < 4.78 is 33.2. The summed E-state index contributed by atoms with van der Waals surface area (Å²) in [5.41, 5.74) is 0.376. The van der Waals surface area contributed by atoms with Gasteiger partial charge in [-0.05, 0) is 44.0 Å². The van der Waals surface area contributed by atoms with E-state index in [1.165, 1.54) is 19.4 Å². The number of pyridine rings is 1. The van der Waals surface area contributed by atoms with Gasteiger partial charge in [0.25, 0.3) is 10.0 Å². The Labute approximate surface area is 131 Å². The number of sulfonamides is 1. The zero-order valence-corrected chi connectivity index (χ0v) is 14.4. The molecule has 0 unspecified atom stereocenters. The van der Waals surface area contributed by atoms with Gasteiger partial charge in [-0.3, -0.25) is 4.72 Å². The molecule has 5 nitrogen and oxygen atoms in total. The van der Waals surface area contributed by atoms with Crippen molar-refractivity contribution in [1.29, 1.82) is 0 Å². The van der Waals surface area contributed by atoms with Crippen LogP contribution in [0.25, 0.3) is 0 Å². The smallest absolute Gasteiger partial charge is 0.271 e. The molecule has 19 heavy (non-hydrogen) atoms. The molecule has 0 bridgehead atoms. The number of hydrogen-bond donors (Lipinski definition) is 1. The highest BCUT2D eigenvalue weighted by Crippen LogP contribution is 2.35. The van der Waals surface area contributed by atoms with Gasteiger partial charge in [0.05, 0.1) is 22.8 Å². The lowest BCUT2D eigenvalue weighted by atomic mass is 10.4. The highest BCUT2D eigenvalue weighted by molar-refractivity contribution is 9.13. The number of rotatable bonds is 4. The lowest BCUT2D eigenvalue weighted by Gasteiger charge is -2.06. The Balaban J connectivity index is 2.25. The Morgan fingerprint density at radius 1 is 1.37 bits per heavy atom. The summed E-state index contributed by atoms with van der Waals surface area (Å²) in [6, 6.07) is 4.70. The molecule has 2 rings (SSSR count). The number of methoxy groups -OCH3 is 1. The largest absolute Gasteiger partial charge is 0.481 e. The molecule has 0 saturated heterocycles. The van der Waals surface area contributed by atoms with Crippen molar-refractivity contribution < 1.29 is 13.2 Å². The first kappa shape index (κ1) is 14.8. The number of nitrogens with one attached hydrogen (secondary N) is 1. The second-order valence-electron chi connectivity index (χ2n) is 3.38. The van der Waals surface area contributed by atoms with Crippen LogP contribution in [0.3, 0.4) is 0 Å². The molecule has 0 saturated carbocycles. The van der Waals surface area contributed by atoms with E-state index < -0.39 is 10.0 Å². The van der Waals surface area contributed by atoms with Crippen molar-refractivity contribution in [2.24, 2.45) is 0 Å². The van der Waals surface area contributed by atoms with Gasteiger partial charge in [-0.1, -0.05) is 0 Å². The van der Waals surface area contributed by atoms with Crippen molar-refractivity contribution in [3.63, 3.8) is 0 Å². The summed E-state index contributed by atoms with van der Waals surface area (Å²) >= 11 is 7.64. The van der Waals surface area contributed by atoms with Crippen LogP contribution in [0, 0.1) is 0 Å². The standard InChI is InChI=1S/C10H8Br2N2O3S2/c1-17-8-3-2-6(5-13-8)14-19(15,16)9-4-7(11)10(12)18-9/h2-5,14H,1H3. The van der Waals surface area contributed by atoms with Crippen LogP contribution in [0.1, 0.15) is 0 Å². The van der Waals surface area contributed by atoms with Crippen molar-refractivity contribution in [1.82, 2.24) is 4.98 Å². The Morgan fingerprint density at radius 3 is 2.58 bits per heavy atom. The van der Waals surface area contributed by atoms with Crippen LogP contribution < -0.4 is 9.46 Å². The van der Waals surface area contributed by atoms with Crippen LogP contribution in [0.2, 0.25) is 0 Å². The summed E-state index contributed by atoms with van der Waals surface area (Å²) in [4.78, 5) is 3.93. The van der Waals surface area contributed by atoms with E-state index in [0.717, 1.165) is 15.1 Å². The molecule has 0 spiro atoms. The molecule has 0 aliphatic heterocycles. The van der Waals surface area contributed by atoms with Gasteiger partial charge in [0.2, 0.25) is 5.88 Å². The van der Waals surface area contributed by atoms with E-state index in [1.54, 1.807) is 12.1 Å². The number of halogens is 2. The first-order valence-electron chi connectivity index (χ1n) is 4.90. The topological polar surface area (TPSA) is 68.3 Å². The number of hydrogen-bond acceptors (Lipinski definition) is 5. The van der Waals surface area contributed by atoms with E-state index in [9.17, 15) is 8.42 Å². The monoisotopic (exact) mass is 426 g/mol. The second-order valence-corrected chi connectivity index (χ2v) is 8.52. The Kier molecular flexibility index (Phi) is 4.49. The second kappa shape index (κ2) is 5.78. The molecule has 2 aromatic heterocycles. The predicted molar refractivity (Wildman–Crippen MR) is 81.3 cm³/mol. The van der Waals surface area contributed by atoms with Crippen LogP contribution in [-0.4, -0.2) is 20.5 Å². The molecule has 0 amide bonds. The highest BCUT2D eigenvalue weighted by atomic mass is 79.9.